The van der Waals surface area contributed by atoms with E-state index in [2.05, 4.69) is 5.32 Å². The number of benzene rings is 1. The van der Waals surface area contributed by atoms with Gasteiger partial charge in [0.05, 0.1) is 5.70 Å². The molecule has 0 bridgehead atoms. The molecule has 4 heteroatoms. The Hall–Kier alpha value is -1.68. The second kappa shape index (κ2) is 4.23. The molecule has 1 aromatic carbocycles. The van der Waals surface area contributed by atoms with Gasteiger partial charge < -0.3 is 10.4 Å². The zero-order chi connectivity index (χ0) is 10.7. The number of hydrogen-bond acceptors (Lipinski definition) is 3. The van der Waals surface area contributed by atoms with Crippen molar-refractivity contribution < 1.29 is 5.11 Å². The number of hydrogen-bond donors (Lipinski definition) is 2. The zero-order valence-corrected chi connectivity index (χ0v) is 9.16. The van der Waals surface area contributed by atoms with Crippen LogP contribution in [0.3, 0.4) is 0 Å². The largest absolute Gasteiger partial charge is 0.508 e. The lowest BCUT2D eigenvalue weighted by atomic mass is 10.1. The molecule has 1 aromatic heterocycles. The molecule has 78 valence electrons. The lowest BCUT2D eigenvalue weighted by Gasteiger charge is -2.09. The average molecular weight is 220 g/mol. The van der Waals surface area contributed by atoms with Crippen molar-refractivity contribution in [2.45, 2.75) is 0 Å². The van der Waals surface area contributed by atoms with E-state index >= 15 is 0 Å². The highest BCUT2D eigenvalue weighted by molar-refractivity contribution is 7.05. The number of phenols is 1. The summed E-state index contributed by atoms with van der Waals surface area (Å²) in [6.07, 6.45) is 3.96. The Morgan fingerprint density at radius 1 is 1.53 bits per heavy atom. The van der Waals surface area contributed by atoms with Gasteiger partial charge in [-0.25, -0.2) is 0 Å². The Balaban J connectivity index is 2.33. The van der Waals surface area contributed by atoms with Crippen molar-refractivity contribution in [3.05, 3.63) is 41.4 Å². The van der Waals surface area contributed by atoms with E-state index in [1.165, 1.54) is 0 Å². The number of nitrogens with zero attached hydrogens (tertiary/aromatic N) is 1. The Morgan fingerprint density at radius 3 is 2.87 bits per heavy atom. The van der Waals surface area contributed by atoms with E-state index in [4.69, 9.17) is 0 Å². The van der Waals surface area contributed by atoms with Crippen molar-refractivity contribution >= 4 is 23.4 Å². The van der Waals surface area contributed by atoms with Crippen molar-refractivity contribution in [2.75, 3.05) is 7.05 Å². The third kappa shape index (κ3) is 2.22. The van der Waals surface area contributed by atoms with Crippen LogP contribution >= 0.6 is 11.5 Å². The molecule has 0 unspecified atom stereocenters. The maximum Gasteiger partial charge on any atom is 0.116 e. The van der Waals surface area contributed by atoms with Gasteiger partial charge in [-0.3, -0.25) is 3.96 Å². The molecule has 2 rings (SSSR count). The lowest BCUT2D eigenvalue weighted by molar-refractivity contribution is 0.475. The normalized spacial score (nSPS) is 11.7. The first-order valence-electron chi connectivity index (χ1n) is 4.60. The molecule has 2 aromatic rings. The second-order valence-electron chi connectivity index (χ2n) is 3.09. The van der Waals surface area contributed by atoms with Crippen LogP contribution in [0.5, 0.6) is 5.75 Å². The van der Waals surface area contributed by atoms with Gasteiger partial charge >= 0.3 is 0 Å². The fraction of sp³-hybridized carbons (Fsp3) is 0.0909. The molecular formula is C11H12N2OS. The summed E-state index contributed by atoms with van der Waals surface area (Å²) in [5.74, 6) is 0.278. The van der Waals surface area contributed by atoms with Crippen LogP contribution in [0, 0.1) is 0 Å². The van der Waals surface area contributed by atoms with Gasteiger partial charge in [-0.1, -0.05) is 23.7 Å². The number of nitrogens with one attached hydrogen (secondary N) is 1. The summed E-state index contributed by atoms with van der Waals surface area (Å²) in [4.78, 5) is 0. The van der Waals surface area contributed by atoms with E-state index in [0.29, 0.717) is 0 Å². The predicted octanol–water partition coefficient (Wildman–Crippen LogP) is 2.43. The minimum atomic E-state index is 0.278. The molecule has 0 spiro atoms. The molecule has 0 aliphatic heterocycles. The zero-order valence-electron chi connectivity index (χ0n) is 8.34. The quantitative estimate of drug-likeness (QED) is 0.833. The SMILES string of the molecule is CN/C(=C\n1ccs1)c1cccc(O)c1. The second-order valence-corrected chi connectivity index (χ2v) is 4.00. The Labute approximate surface area is 92.4 Å². The van der Waals surface area contributed by atoms with Gasteiger partial charge in [0.25, 0.3) is 0 Å². The number of rotatable bonds is 3. The van der Waals surface area contributed by atoms with Gasteiger partial charge in [0.2, 0.25) is 0 Å². The first-order valence-corrected chi connectivity index (χ1v) is 5.44. The molecule has 0 fully saturated rings. The molecule has 0 saturated heterocycles. The van der Waals surface area contributed by atoms with Crippen LogP contribution in [0.15, 0.2) is 35.8 Å². The van der Waals surface area contributed by atoms with Crippen LogP contribution in [0.4, 0.5) is 0 Å². The van der Waals surface area contributed by atoms with Crippen molar-refractivity contribution in [1.82, 2.24) is 9.27 Å². The lowest BCUT2D eigenvalue weighted by Crippen LogP contribution is -2.05. The highest BCUT2D eigenvalue weighted by Gasteiger charge is 2.00. The summed E-state index contributed by atoms with van der Waals surface area (Å²) >= 11 is 1.62. The minimum Gasteiger partial charge on any atom is -0.508 e. The average Bonchev–Trinajstić information content (AvgIpc) is 2.16. The summed E-state index contributed by atoms with van der Waals surface area (Å²) in [6.45, 7) is 0. The van der Waals surface area contributed by atoms with E-state index in [9.17, 15) is 5.11 Å². The first kappa shape index (κ1) is 9.86. The predicted molar refractivity (Wildman–Crippen MR) is 63.6 cm³/mol. The molecule has 0 saturated carbocycles. The topological polar surface area (TPSA) is 37.2 Å². The van der Waals surface area contributed by atoms with E-state index in [0.717, 1.165) is 11.3 Å². The Bertz CT molecular complexity index is 461. The summed E-state index contributed by atoms with van der Waals surface area (Å²) in [7, 11) is 1.87. The minimum absolute atomic E-state index is 0.278. The van der Waals surface area contributed by atoms with Gasteiger partial charge in [0, 0.05) is 30.4 Å². The van der Waals surface area contributed by atoms with Crippen LogP contribution in [0.2, 0.25) is 0 Å². The summed E-state index contributed by atoms with van der Waals surface area (Å²) in [5.41, 5.74) is 1.95. The monoisotopic (exact) mass is 220 g/mol. The number of aromatic nitrogens is 1. The van der Waals surface area contributed by atoms with E-state index in [1.54, 1.807) is 23.7 Å². The van der Waals surface area contributed by atoms with E-state index < -0.39 is 0 Å². The number of phenolic OH excluding ortho intramolecular Hbond substituents is 1. The molecule has 0 atom stereocenters. The third-order valence-electron chi connectivity index (χ3n) is 2.07. The van der Waals surface area contributed by atoms with Crippen LogP contribution in [0.25, 0.3) is 11.9 Å². The highest BCUT2D eigenvalue weighted by Crippen LogP contribution is 2.18. The van der Waals surface area contributed by atoms with Crippen LogP contribution in [0.1, 0.15) is 5.56 Å². The smallest absolute Gasteiger partial charge is 0.116 e. The molecular weight excluding hydrogens is 208 g/mol. The standard InChI is InChI=1S/C11H12N2OS/c1-12-11(8-13-5-6-15-13)9-3-2-4-10(14)7-9/h2-8,12,14H,1H3/b11-8-. The van der Waals surface area contributed by atoms with Gasteiger partial charge in [-0.05, 0) is 12.1 Å². The Morgan fingerprint density at radius 2 is 2.33 bits per heavy atom. The molecule has 2 N–H and O–H groups in total. The van der Waals surface area contributed by atoms with Crippen molar-refractivity contribution in [2.24, 2.45) is 0 Å². The van der Waals surface area contributed by atoms with Gasteiger partial charge in [0.15, 0.2) is 0 Å². The molecule has 0 aliphatic rings. The molecule has 3 nitrogen and oxygen atoms in total. The van der Waals surface area contributed by atoms with Crippen LogP contribution in [-0.2, 0) is 0 Å². The highest BCUT2D eigenvalue weighted by atomic mass is 32.1. The summed E-state index contributed by atoms with van der Waals surface area (Å²) in [5, 5.41) is 14.5. The summed E-state index contributed by atoms with van der Waals surface area (Å²) in [6, 6.07) is 7.18. The van der Waals surface area contributed by atoms with Crippen molar-refractivity contribution in [3.8, 4) is 5.75 Å². The van der Waals surface area contributed by atoms with Gasteiger partial charge in [0.1, 0.15) is 5.75 Å². The van der Waals surface area contributed by atoms with Crippen LogP contribution in [-0.4, -0.2) is 16.1 Å². The fourth-order valence-electron chi connectivity index (χ4n) is 1.29. The maximum atomic E-state index is 9.37. The molecule has 1 heterocycles. The molecule has 0 amide bonds. The van der Waals surface area contributed by atoms with Crippen molar-refractivity contribution in [3.63, 3.8) is 0 Å². The molecule has 15 heavy (non-hydrogen) atoms. The maximum absolute atomic E-state index is 9.37. The van der Waals surface area contributed by atoms with E-state index in [1.807, 2.05) is 40.9 Å². The van der Waals surface area contributed by atoms with Crippen molar-refractivity contribution in [1.29, 1.82) is 0 Å². The summed E-state index contributed by atoms with van der Waals surface area (Å²) < 4.78 is 2.00. The fourth-order valence-corrected chi connectivity index (χ4v) is 1.72. The van der Waals surface area contributed by atoms with Gasteiger partial charge in [-0.2, -0.15) is 0 Å². The van der Waals surface area contributed by atoms with Gasteiger partial charge in [-0.15, -0.1) is 0 Å². The van der Waals surface area contributed by atoms with Crippen LogP contribution < -0.4 is 5.32 Å². The number of aromatic hydroxyl groups is 1. The molecule has 0 radical (unpaired) electrons. The molecule has 0 aliphatic carbocycles. The first-order chi connectivity index (χ1) is 7.29. The third-order valence-corrected chi connectivity index (χ3v) is 2.79. The Kier molecular flexibility index (Phi) is 2.78. The van der Waals surface area contributed by atoms with E-state index in [-0.39, 0.29) is 5.75 Å².